The predicted octanol–water partition coefficient (Wildman–Crippen LogP) is 2.70. The molecule has 2 spiro atoms. The van der Waals surface area contributed by atoms with Gasteiger partial charge in [-0.1, -0.05) is 13.3 Å². The molecule has 0 bridgehead atoms. The van der Waals surface area contributed by atoms with Crippen LogP contribution in [0.3, 0.4) is 0 Å². The molecule has 3 heteroatoms. The van der Waals surface area contributed by atoms with Gasteiger partial charge in [-0.2, -0.15) is 0 Å². The van der Waals surface area contributed by atoms with E-state index in [1.54, 1.807) is 0 Å². The van der Waals surface area contributed by atoms with Crippen molar-refractivity contribution in [3.63, 3.8) is 0 Å². The maximum Gasteiger partial charge on any atom is 0.119 e. The molecule has 0 aromatic rings. The summed E-state index contributed by atoms with van der Waals surface area (Å²) in [6, 6.07) is 0. The molecule has 0 amide bonds. The Morgan fingerprint density at radius 1 is 1.11 bits per heavy atom. The van der Waals surface area contributed by atoms with Crippen molar-refractivity contribution in [3.8, 4) is 0 Å². The normalized spacial score (nSPS) is 40.2. The van der Waals surface area contributed by atoms with Crippen molar-refractivity contribution in [1.82, 2.24) is 5.32 Å². The van der Waals surface area contributed by atoms with E-state index in [2.05, 4.69) is 12.2 Å². The van der Waals surface area contributed by atoms with Crippen molar-refractivity contribution in [1.29, 1.82) is 0 Å². The van der Waals surface area contributed by atoms with Crippen LogP contribution in [0.2, 0.25) is 0 Å². The second kappa shape index (κ2) is 5.10. The van der Waals surface area contributed by atoms with E-state index in [1.165, 1.54) is 32.1 Å². The van der Waals surface area contributed by atoms with Gasteiger partial charge in [-0.3, -0.25) is 5.32 Å². The molecule has 18 heavy (non-hydrogen) atoms. The van der Waals surface area contributed by atoms with Gasteiger partial charge < -0.3 is 9.47 Å². The van der Waals surface area contributed by atoms with Crippen LogP contribution in [0.5, 0.6) is 0 Å². The van der Waals surface area contributed by atoms with Crippen LogP contribution in [0.1, 0.15) is 51.9 Å². The van der Waals surface area contributed by atoms with Crippen LogP contribution in [0.4, 0.5) is 0 Å². The van der Waals surface area contributed by atoms with Gasteiger partial charge in [0.05, 0.1) is 6.61 Å². The van der Waals surface area contributed by atoms with Crippen LogP contribution in [0, 0.1) is 11.3 Å². The minimum atomic E-state index is 0.0230. The fourth-order valence-electron chi connectivity index (χ4n) is 3.74. The van der Waals surface area contributed by atoms with E-state index in [-0.39, 0.29) is 5.72 Å². The molecule has 3 fully saturated rings. The monoisotopic (exact) mass is 253 g/mol. The first-order valence-corrected chi connectivity index (χ1v) is 7.73. The summed E-state index contributed by atoms with van der Waals surface area (Å²) in [5, 5.41) is 3.76. The largest absolute Gasteiger partial charge is 0.381 e. The molecule has 1 saturated carbocycles. The highest BCUT2D eigenvalue weighted by Crippen LogP contribution is 2.41. The molecule has 0 unspecified atom stereocenters. The van der Waals surface area contributed by atoms with Gasteiger partial charge in [-0.25, -0.2) is 0 Å². The van der Waals surface area contributed by atoms with Gasteiger partial charge in [0.15, 0.2) is 0 Å². The van der Waals surface area contributed by atoms with Crippen LogP contribution in [-0.2, 0) is 9.47 Å². The predicted molar refractivity (Wildman–Crippen MR) is 71.4 cm³/mol. The molecule has 3 aliphatic rings. The Bertz CT molecular complexity index is 266. The SMILES string of the molecule is CCC1CCC2(CC1)NCC1(CCOCC1)CO2. The second-order valence-corrected chi connectivity index (χ2v) is 6.60. The Morgan fingerprint density at radius 3 is 2.39 bits per heavy atom. The second-order valence-electron chi connectivity index (χ2n) is 6.60. The maximum atomic E-state index is 6.33. The van der Waals surface area contributed by atoms with E-state index in [1.807, 2.05) is 0 Å². The molecule has 104 valence electrons. The number of hydrogen-bond donors (Lipinski definition) is 1. The topological polar surface area (TPSA) is 30.5 Å². The van der Waals surface area contributed by atoms with Crippen LogP contribution in [0.15, 0.2) is 0 Å². The Kier molecular flexibility index (Phi) is 3.65. The fraction of sp³-hybridized carbons (Fsp3) is 1.00. The molecule has 0 radical (unpaired) electrons. The van der Waals surface area contributed by atoms with Crippen molar-refractivity contribution in [2.75, 3.05) is 26.4 Å². The third-order valence-corrected chi connectivity index (χ3v) is 5.48. The quantitative estimate of drug-likeness (QED) is 0.779. The number of rotatable bonds is 1. The average Bonchev–Trinajstić information content (AvgIpc) is 2.45. The molecule has 1 N–H and O–H groups in total. The van der Waals surface area contributed by atoms with Crippen LogP contribution in [0.25, 0.3) is 0 Å². The van der Waals surface area contributed by atoms with Crippen molar-refractivity contribution < 1.29 is 9.47 Å². The Morgan fingerprint density at radius 2 is 1.83 bits per heavy atom. The first-order chi connectivity index (χ1) is 8.76. The summed E-state index contributed by atoms with van der Waals surface area (Å²) in [7, 11) is 0. The average molecular weight is 253 g/mol. The van der Waals surface area contributed by atoms with Crippen molar-refractivity contribution in [3.05, 3.63) is 0 Å². The molecular formula is C15H27NO2. The Balaban J connectivity index is 1.56. The highest BCUT2D eigenvalue weighted by molar-refractivity contribution is 4.95. The van der Waals surface area contributed by atoms with Gasteiger partial charge in [-0.05, 0) is 44.4 Å². The van der Waals surface area contributed by atoms with E-state index in [0.29, 0.717) is 5.41 Å². The molecule has 0 aromatic heterocycles. The van der Waals surface area contributed by atoms with E-state index in [9.17, 15) is 0 Å². The van der Waals surface area contributed by atoms with E-state index in [4.69, 9.17) is 9.47 Å². The van der Waals surface area contributed by atoms with Gasteiger partial charge in [0, 0.05) is 25.2 Å². The lowest BCUT2D eigenvalue weighted by molar-refractivity contribution is -0.182. The molecular weight excluding hydrogens is 226 g/mol. The van der Waals surface area contributed by atoms with Gasteiger partial charge in [0.25, 0.3) is 0 Å². The summed E-state index contributed by atoms with van der Waals surface area (Å²) >= 11 is 0. The smallest absolute Gasteiger partial charge is 0.119 e. The summed E-state index contributed by atoms with van der Waals surface area (Å²) < 4.78 is 11.8. The number of ether oxygens (including phenoxy) is 2. The third kappa shape index (κ3) is 2.45. The van der Waals surface area contributed by atoms with Crippen molar-refractivity contribution in [2.24, 2.45) is 11.3 Å². The zero-order valence-electron chi connectivity index (χ0n) is 11.7. The van der Waals surface area contributed by atoms with Gasteiger partial charge in [0.1, 0.15) is 5.72 Å². The third-order valence-electron chi connectivity index (χ3n) is 5.48. The van der Waals surface area contributed by atoms with Gasteiger partial charge in [-0.15, -0.1) is 0 Å². The van der Waals surface area contributed by atoms with Crippen molar-refractivity contribution >= 4 is 0 Å². The van der Waals surface area contributed by atoms with E-state index < -0.39 is 0 Å². The van der Waals surface area contributed by atoms with E-state index in [0.717, 1.165) is 45.1 Å². The minimum absolute atomic E-state index is 0.0230. The molecule has 3 rings (SSSR count). The summed E-state index contributed by atoms with van der Waals surface area (Å²) in [5.74, 6) is 0.931. The van der Waals surface area contributed by atoms with Crippen molar-refractivity contribution in [2.45, 2.75) is 57.6 Å². The molecule has 2 saturated heterocycles. The molecule has 2 aliphatic heterocycles. The Labute approximate surface area is 111 Å². The van der Waals surface area contributed by atoms with Crippen LogP contribution in [-0.4, -0.2) is 32.1 Å². The lowest BCUT2D eigenvalue weighted by Gasteiger charge is -2.51. The highest BCUT2D eigenvalue weighted by Gasteiger charge is 2.45. The number of nitrogens with one attached hydrogen (secondary N) is 1. The molecule has 0 atom stereocenters. The first-order valence-electron chi connectivity index (χ1n) is 7.73. The lowest BCUT2D eigenvalue weighted by atomic mass is 9.76. The molecule has 2 heterocycles. The van der Waals surface area contributed by atoms with Crippen LogP contribution < -0.4 is 5.32 Å². The first kappa shape index (κ1) is 12.9. The zero-order valence-corrected chi connectivity index (χ0v) is 11.7. The van der Waals surface area contributed by atoms with Crippen LogP contribution >= 0.6 is 0 Å². The van der Waals surface area contributed by atoms with E-state index >= 15 is 0 Å². The molecule has 1 aliphatic carbocycles. The number of hydrogen-bond acceptors (Lipinski definition) is 3. The summed E-state index contributed by atoms with van der Waals surface area (Å²) in [6.07, 6.45) is 8.73. The summed E-state index contributed by atoms with van der Waals surface area (Å²) in [4.78, 5) is 0. The molecule has 0 aromatic carbocycles. The van der Waals surface area contributed by atoms with Gasteiger partial charge in [0.2, 0.25) is 0 Å². The van der Waals surface area contributed by atoms with Gasteiger partial charge >= 0.3 is 0 Å². The fourth-order valence-corrected chi connectivity index (χ4v) is 3.74. The summed E-state index contributed by atoms with van der Waals surface area (Å²) in [5.41, 5.74) is 0.389. The Hall–Kier alpha value is -0.120. The molecule has 3 nitrogen and oxygen atoms in total. The zero-order chi connectivity index (χ0) is 12.5. The standard InChI is InChI=1S/C15H27NO2/c1-2-13-3-5-15(6-4-13)16-11-14(12-18-15)7-9-17-10-8-14/h13,16H,2-12H2,1H3. The lowest BCUT2D eigenvalue weighted by Crippen LogP contribution is -2.61. The maximum absolute atomic E-state index is 6.33. The summed E-state index contributed by atoms with van der Waals surface area (Å²) in [6.45, 7) is 6.22. The highest BCUT2D eigenvalue weighted by atomic mass is 16.5. The minimum Gasteiger partial charge on any atom is -0.381 e.